The number of amides is 1. The first-order chi connectivity index (χ1) is 14.0. The first-order valence-corrected chi connectivity index (χ1v) is 9.59. The van der Waals surface area contributed by atoms with E-state index in [9.17, 15) is 9.90 Å². The topological polar surface area (TPSA) is 68.2 Å². The molecule has 1 rings (SSSR count). The maximum Gasteiger partial charge on any atom is 0.254 e. The van der Waals surface area contributed by atoms with Crippen LogP contribution in [0, 0.1) is 0 Å². The molecule has 0 aromatic rings. The molecule has 1 fully saturated rings. The number of piperazine rings is 1. The van der Waals surface area contributed by atoms with Crippen molar-refractivity contribution in [3.05, 3.63) is 85.3 Å². The Labute approximate surface area is 174 Å². The summed E-state index contributed by atoms with van der Waals surface area (Å²) < 4.78 is 0. The number of rotatable bonds is 11. The molecule has 0 aromatic carbocycles. The van der Waals surface area contributed by atoms with E-state index in [1.807, 2.05) is 18.2 Å². The number of hydrogen-bond acceptors (Lipinski definition) is 5. The van der Waals surface area contributed by atoms with Crippen molar-refractivity contribution in [3.8, 4) is 0 Å². The lowest BCUT2D eigenvalue weighted by Gasteiger charge is -2.34. The Morgan fingerprint density at radius 3 is 2.21 bits per heavy atom. The highest BCUT2D eigenvalue weighted by molar-refractivity contribution is 5.85. The van der Waals surface area contributed by atoms with Gasteiger partial charge in [0.25, 0.3) is 5.91 Å². The molecule has 1 heterocycles. The van der Waals surface area contributed by atoms with Crippen LogP contribution in [-0.2, 0) is 4.79 Å². The van der Waals surface area contributed by atoms with E-state index in [0.717, 1.165) is 32.7 Å². The highest BCUT2D eigenvalue weighted by Crippen LogP contribution is 2.07. The molecule has 0 aromatic heterocycles. The van der Waals surface area contributed by atoms with Gasteiger partial charge in [-0.25, -0.2) is 5.43 Å². The average molecular weight is 397 g/mol. The molecule has 0 spiro atoms. The zero-order valence-electron chi connectivity index (χ0n) is 17.3. The minimum Gasteiger partial charge on any atom is -0.507 e. The molecule has 0 bridgehead atoms. The molecule has 156 valence electrons. The van der Waals surface area contributed by atoms with Gasteiger partial charge in [0.1, 0.15) is 5.76 Å². The largest absolute Gasteiger partial charge is 0.507 e. The first kappa shape index (κ1) is 24.1. The van der Waals surface area contributed by atoms with E-state index < -0.39 is 0 Å². The fourth-order valence-corrected chi connectivity index (χ4v) is 2.78. The van der Waals surface area contributed by atoms with Crippen LogP contribution in [0.4, 0.5) is 0 Å². The summed E-state index contributed by atoms with van der Waals surface area (Å²) in [6, 6.07) is 0. The number of nitrogens with zero attached hydrogens (tertiary/aromatic N) is 3. The minimum atomic E-state index is -0.182. The highest BCUT2D eigenvalue weighted by atomic mass is 16.3. The fraction of sp³-hybridized carbons (Fsp3) is 0.304. The Morgan fingerprint density at radius 2 is 1.66 bits per heavy atom. The van der Waals surface area contributed by atoms with Gasteiger partial charge in [0.05, 0.1) is 12.8 Å². The van der Waals surface area contributed by atoms with Crippen molar-refractivity contribution in [2.75, 3.05) is 39.3 Å². The van der Waals surface area contributed by atoms with Gasteiger partial charge in [-0.2, -0.15) is 5.10 Å². The van der Waals surface area contributed by atoms with E-state index in [0.29, 0.717) is 5.57 Å². The van der Waals surface area contributed by atoms with E-state index in [1.165, 1.54) is 23.9 Å². The summed E-state index contributed by atoms with van der Waals surface area (Å²) in [5, 5.41) is 13.7. The molecular weight excluding hydrogens is 364 g/mol. The predicted octanol–water partition coefficient (Wildman–Crippen LogP) is 3.13. The van der Waals surface area contributed by atoms with Crippen LogP contribution in [0.2, 0.25) is 0 Å². The number of hydrogen-bond donors (Lipinski definition) is 2. The van der Waals surface area contributed by atoms with Crippen LogP contribution in [0.3, 0.4) is 0 Å². The van der Waals surface area contributed by atoms with Crippen molar-refractivity contribution in [1.82, 2.24) is 15.2 Å². The maximum atomic E-state index is 12.1. The number of aliphatic hydroxyl groups is 1. The third kappa shape index (κ3) is 9.69. The van der Waals surface area contributed by atoms with Gasteiger partial charge < -0.3 is 5.11 Å². The van der Waals surface area contributed by atoms with Gasteiger partial charge in [0.15, 0.2) is 0 Å². The first-order valence-electron chi connectivity index (χ1n) is 9.59. The lowest BCUT2D eigenvalue weighted by Crippen LogP contribution is -2.49. The van der Waals surface area contributed by atoms with Crippen molar-refractivity contribution in [2.45, 2.75) is 6.92 Å². The summed E-state index contributed by atoms with van der Waals surface area (Å²) >= 11 is 0. The summed E-state index contributed by atoms with van der Waals surface area (Å²) in [4.78, 5) is 16.6. The van der Waals surface area contributed by atoms with Gasteiger partial charge in [0.2, 0.25) is 0 Å². The summed E-state index contributed by atoms with van der Waals surface area (Å²) in [6.45, 7) is 17.3. The molecule has 1 amide bonds. The number of hydrazone groups is 1. The molecule has 6 nitrogen and oxygen atoms in total. The van der Waals surface area contributed by atoms with E-state index in [2.05, 4.69) is 40.1 Å². The van der Waals surface area contributed by atoms with Gasteiger partial charge >= 0.3 is 0 Å². The Bertz CT molecular complexity index is 721. The fourth-order valence-electron chi connectivity index (χ4n) is 2.78. The molecule has 0 atom stereocenters. The molecule has 0 radical (unpaired) electrons. The summed E-state index contributed by atoms with van der Waals surface area (Å²) in [5.41, 5.74) is 4.19. The van der Waals surface area contributed by atoms with E-state index in [4.69, 9.17) is 0 Å². The highest BCUT2D eigenvalue weighted by Gasteiger charge is 2.19. The third-order valence-electron chi connectivity index (χ3n) is 4.29. The Balaban J connectivity index is 2.44. The lowest BCUT2D eigenvalue weighted by atomic mass is 10.2. The molecule has 0 aliphatic carbocycles. The zero-order valence-corrected chi connectivity index (χ0v) is 17.3. The predicted molar refractivity (Wildman–Crippen MR) is 122 cm³/mol. The van der Waals surface area contributed by atoms with Crippen molar-refractivity contribution in [3.63, 3.8) is 0 Å². The van der Waals surface area contributed by atoms with E-state index in [-0.39, 0.29) is 18.2 Å². The molecule has 1 aliphatic heterocycles. The molecule has 1 saturated heterocycles. The molecular formula is C23H32N4O2. The van der Waals surface area contributed by atoms with Crippen molar-refractivity contribution in [2.24, 2.45) is 5.10 Å². The molecule has 29 heavy (non-hydrogen) atoms. The normalized spacial score (nSPS) is 17.6. The minimum absolute atomic E-state index is 0.0458. The summed E-state index contributed by atoms with van der Waals surface area (Å²) in [6.07, 6.45) is 15.6. The van der Waals surface area contributed by atoms with Crippen molar-refractivity contribution in [1.29, 1.82) is 0 Å². The van der Waals surface area contributed by atoms with Crippen LogP contribution in [0.1, 0.15) is 6.92 Å². The summed E-state index contributed by atoms with van der Waals surface area (Å²) in [7, 11) is 0. The SMILES string of the molecule is C=C/C=C\C(=C/C=C)CN1CCN(CC(=O)N/N=C/C(=C/C)C(/O)=C\C=C)CC1. The van der Waals surface area contributed by atoms with E-state index >= 15 is 0 Å². The number of nitrogens with one attached hydrogen (secondary N) is 1. The second-order valence-corrected chi connectivity index (χ2v) is 6.45. The Hall–Kier alpha value is -2.96. The van der Waals surface area contributed by atoms with Crippen molar-refractivity contribution >= 4 is 12.1 Å². The standard InChI is InChI=1S/C23H32N4O2/c1-5-9-12-20(10-6-2)18-26-13-15-27(16-14-26)19-23(29)25-24-17-21(8-4)22(28)11-7-3/h5-12,17,28H,1-3,13-16,18-19H2,4H3,(H,25,29)/b12-9-,20-10+,21-8-,22-11+,24-17+. The Morgan fingerprint density at radius 1 is 1.03 bits per heavy atom. The quantitative estimate of drug-likeness (QED) is 0.244. The third-order valence-corrected chi connectivity index (χ3v) is 4.29. The smallest absolute Gasteiger partial charge is 0.254 e. The van der Waals surface area contributed by atoms with E-state index in [1.54, 1.807) is 25.2 Å². The van der Waals surface area contributed by atoms with Gasteiger partial charge in [0, 0.05) is 38.3 Å². The van der Waals surface area contributed by atoms with Gasteiger partial charge in [-0.15, -0.1) is 0 Å². The Kier molecular flexibility index (Phi) is 11.7. The zero-order chi connectivity index (χ0) is 21.5. The van der Waals surface area contributed by atoms with Crippen molar-refractivity contribution < 1.29 is 9.90 Å². The number of carbonyl (C=O) groups is 1. The van der Waals surface area contributed by atoms with Crippen LogP contribution in [0.15, 0.2) is 90.4 Å². The number of aliphatic hydroxyl groups excluding tert-OH is 1. The average Bonchev–Trinajstić information content (AvgIpc) is 2.71. The monoisotopic (exact) mass is 396 g/mol. The van der Waals surface area contributed by atoms with Crippen LogP contribution < -0.4 is 5.43 Å². The molecule has 1 aliphatic rings. The molecule has 2 N–H and O–H groups in total. The van der Waals surface area contributed by atoms with Crippen LogP contribution >= 0.6 is 0 Å². The van der Waals surface area contributed by atoms with Crippen LogP contribution in [-0.4, -0.2) is 66.3 Å². The molecule has 0 saturated carbocycles. The maximum absolute atomic E-state index is 12.1. The second-order valence-electron chi connectivity index (χ2n) is 6.45. The lowest BCUT2D eigenvalue weighted by molar-refractivity contribution is -0.122. The molecule has 0 unspecified atom stereocenters. The summed E-state index contributed by atoms with van der Waals surface area (Å²) in [5.74, 6) is -0.136. The van der Waals surface area contributed by atoms with Crippen LogP contribution in [0.5, 0.6) is 0 Å². The van der Waals surface area contributed by atoms with Crippen LogP contribution in [0.25, 0.3) is 0 Å². The second kappa shape index (κ2) is 14.1. The van der Waals surface area contributed by atoms with Gasteiger partial charge in [-0.3, -0.25) is 14.6 Å². The molecule has 6 heteroatoms. The van der Waals surface area contributed by atoms with Gasteiger partial charge in [-0.1, -0.05) is 62.3 Å². The number of allylic oxidation sites excluding steroid dienone is 8. The van der Waals surface area contributed by atoms with Gasteiger partial charge in [-0.05, 0) is 18.6 Å². The number of carbonyl (C=O) groups excluding carboxylic acids is 1.